The lowest BCUT2D eigenvalue weighted by molar-refractivity contribution is 0.0785. The third-order valence-electron chi connectivity index (χ3n) is 3.61. The van der Waals surface area contributed by atoms with Crippen molar-refractivity contribution in [1.29, 1.82) is 0 Å². The molecule has 0 spiro atoms. The van der Waals surface area contributed by atoms with Crippen molar-refractivity contribution in [3.8, 4) is 0 Å². The monoisotopic (exact) mass is 351 g/mol. The van der Waals surface area contributed by atoms with Gasteiger partial charge in [-0.15, -0.1) is 0 Å². The number of nitrogens with zero attached hydrogens (tertiary/aromatic N) is 1. The van der Waals surface area contributed by atoms with E-state index in [0.717, 1.165) is 17.4 Å². The Morgan fingerprint density at radius 2 is 1.83 bits per heavy atom. The summed E-state index contributed by atoms with van der Waals surface area (Å²) in [6.07, 6.45) is 1.10. The van der Waals surface area contributed by atoms with Gasteiger partial charge >= 0.3 is 0 Å². The smallest absolute Gasteiger partial charge is 0.255 e. The molecule has 0 heterocycles. The summed E-state index contributed by atoms with van der Waals surface area (Å²) in [6.45, 7) is 2.40. The molecule has 0 aromatic heterocycles. The first-order chi connectivity index (χ1) is 10.7. The Labute approximate surface area is 141 Å². The molecule has 4 nitrogen and oxygen atoms in total. The number of sulfone groups is 1. The molecular formula is C17H18ClNO3S. The Morgan fingerprint density at radius 3 is 2.43 bits per heavy atom. The zero-order valence-electron chi connectivity index (χ0n) is 13.2. The molecule has 0 aliphatic heterocycles. The highest BCUT2D eigenvalue weighted by Crippen LogP contribution is 2.22. The van der Waals surface area contributed by atoms with Crippen molar-refractivity contribution in [2.24, 2.45) is 0 Å². The lowest BCUT2D eigenvalue weighted by atomic mass is 10.1. The number of carbonyl (C=O) groups is 1. The Morgan fingerprint density at radius 1 is 1.17 bits per heavy atom. The largest absolute Gasteiger partial charge is 0.337 e. The fraction of sp³-hybridized carbons (Fsp3) is 0.235. The minimum atomic E-state index is -3.40. The highest BCUT2D eigenvalue weighted by molar-refractivity contribution is 7.90. The molecule has 0 atom stereocenters. The van der Waals surface area contributed by atoms with E-state index >= 15 is 0 Å². The summed E-state index contributed by atoms with van der Waals surface area (Å²) < 4.78 is 23.3. The number of aryl methyl sites for hydroxylation is 1. The van der Waals surface area contributed by atoms with Gasteiger partial charge in [-0.3, -0.25) is 4.79 Å². The predicted molar refractivity (Wildman–Crippen MR) is 91.5 cm³/mol. The van der Waals surface area contributed by atoms with Gasteiger partial charge in [0.2, 0.25) is 0 Å². The summed E-state index contributed by atoms with van der Waals surface area (Å²) in [5, 5.41) is 0.235. The fourth-order valence-corrected chi connectivity index (χ4v) is 3.06. The van der Waals surface area contributed by atoms with Crippen molar-refractivity contribution in [3.05, 3.63) is 64.2 Å². The lowest BCUT2D eigenvalue weighted by Gasteiger charge is -2.19. The molecule has 0 radical (unpaired) electrons. The number of rotatable bonds is 4. The van der Waals surface area contributed by atoms with Crippen LogP contribution >= 0.6 is 11.6 Å². The third kappa shape index (κ3) is 4.12. The van der Waals surface area contributed by atoms with E-state index in [9.17, 15) is 13.2 Å². The summed E-state index contributed by atoms with van der Waals surface area (Å²) in [7, 11) is -1.73. The summed E-state index contributed by atoms with van der Waals surface area (Å²) >= 11 is 6.08. The predicted octanol–water partition coefficient (Wildman–Crippen LogP) is 3.32. The quantitative estimate of drug-likeness (QED) is 0.849. The van der Waals surface area contributed by atoms with Crippen molar-refractivity contribution >= 4 is 27.3 Å². The first kappa shape index (κ1) is 17.5. The Bertz CT molecular complexity index is 847. The molecule has 0 saturated heterocycles. The molecule has 1 amide bonds. The van der Waals surface area contributed by atoms with Crippen LogP contribution < -0.4 is 0 Å². The summed E-state index contributed by atoms with van der Waals surface area (Å²) in [5.41, 5.74) is 2.30. The number of amides is 1. The third-order valence-corrected chi connectivity index (χ3v) is 5.05. The maximum Gasteiger partial charge on any atom is 0.255 e. The van der Waals surface area contributed by atoms with Crippen molar-refractivity contribution in [2.45, 2.75) is 18.4 Å². The minimum Gasteiger partial charge on any atom is -0.337 e. The highest BCUT2D eigenvalue weighted by Gasteiger charge is 2.19. The average Bonchev–Trinajstić information content (AvgIpc) is 2.48. The molecule has 2 aromatic rings. The zero-order valence-corrected chi connectivity index (χ0v) is 14.8. The van der Waals surface area contributed by atoms with E-state index in [1.807, 2.05) is 31.2 Å². The number of benzene rings is 2. The number of halogens is 1. The van der Waals surface area contributed by atoms with Crippen molar-refractivity contribution < 1.29 is 13.2 Å². The van der Waals surface area contributed by atoms with Crippen LogP contribution in [-0.2, 0) is 16.4 Å². The molecule has 0 bridgehead atoms. The van der Waals surface area contributed by atoms with Crippen LogP contribution in [0.3, 0.4) is 0 Å². The molecule has 0 aliphatic rings. The number of hydrogen-bond donors (Lipinski definition) is 0. The normalized spacial score (nSPS) is 11.3. The van der Waals surface area contributed by atoms with Gasteiger partial charge in [0, 0.05) is 19.8 Å². The maximum absolute atomic E-state index is 12.6. The van der Waals surface area contributed by atoms with E-state index in [2.05, 4.69) is 0 Å². The molecule has 0 aliphatic carbocycles. The van der Waals surface area contributed by atoms with Crippen LogP contribution in [0.1, 0.15) is 21.5 Å². The van der Waals surface area contributed by atoms with E-state index in [1.54, 1.807) is 7.05 Å². The van der Waals surface area contributed by atoms with Gasteiger partial charge < -0.3 is 4.90 Å². The molecule has 0 N–H and O–H groups in total. The zero-order chi connectivity index (χ0) is 17.2. The van der Waals surface area contributed by atoms with Crippen LogP contribution in [-0.4, -0.2) is 32.5 Å². The van der Waals surface area contributed by atoms with E-state index < -0.39 is 9.84 Å². The van der Waals surface area contributed by atoms with Crippen molar-refractivity contribution in [3.63, 3.8) is 0 Å². The van der Waals surface area contributed by atoms with Crippen LogP contribution in [0, 0.1) is 6.92 Å². The topological polar surface area (TPSA) is 54.5 Å². The maximum atomic E-state index is 12.6. The molecule has 0 saturated carbocycles. The van der Waals surface area contributed by atoms with Crippen molar-refractivity contribution in [1.82, 2.24) is 4.90 Å². The van der Waals surface area contributed by atoms with Crippen LogP contribution in [0.2, 0.25) is 5.02 Å². The molecule has 2 rings (SSSR count). The first-order valence-electron chi connectivity index (χ1n) is 6.99. The van der Waals surface area contributed by atoms with Gasteiger partial charge in [0.05, 0.1) is 15.5 Å². The highest BCUT2D eigenvalue weighted by atomic mass is 35.5. The summed E-state index contributed by atoms with van der Waals surface area (Å²) in [5.74, 6) is -0.316. The van der Waals surface area contributed by atoms with Crippen LogP contribution in [0.25, 0.3) is 0 Å². The lowest BCUT2D eigenvalue weighted by Crippen LogP contribution is -2.27. The second kappa shape index (κ2) is 6.72. The van der Waals surface area contributed by atoms with Crippen LogP contribution in [0.5, 0.6) is 0 Å². The van der Waals surface area contributed by atoms with Gasteiger partial charge in [0.1, 0.15) is 0 Å². The van der Waals surface area contributed by atoms with E-state index in [1.165, 1.54) is 23.1 Å². The standard InChI is InChI=1S/C17H18ClNO3S/c1-12-6-4-5-7-13(12)11-19(2)17(20)15-10-14(23(3,21)22)8-9-16(15)18/h4-10H,11H2,1-3H3. The van der Waals surface area contributed by atoms with Gasteiger partial charge in [-0.2, -0.15) is 0 Å². The Kier molecular flexibility index (Phi) is 5.12. The SMILES string of the molecule is Cc1ccccc1CN(C)C(=O)c1cc(S(C)(=O)=O)ccc1Cl. The van der Waals surface area contributed by atoms with Gasteiger partial charge in [-0.05, 0) is 36.2 Å². The molecular weight excluding hydrogens is 334 g/mol. The minimum absolute atomic E-state index is 0.0783. The summed E-state index contributed by atoms with van der Waals surface area (Å²) in [6, 6.07) is 11.9. The Hall–Kier alpha value is -1.85. The Balaban J connectivity index is 2.31. The summed E-state index contributed by atoms with van der Waals surface area (Å²) in [4.78, 5) is 14.2. The second-order valence-electron chi connectivity index (χ2n) is 5.50. The second-order valence-corrected chi connectivity index (χ2v) is 7.92. The average molecular weight is 352 g/mol. The molecule has 6 heteroatoms. The molecule has 0 fully saturated rings. The molecule has 2 aromatic carbocycles. The van der Waals surface area contributed by atoms with Gasteiger partial charge in [-0.25, -0.2) is 8.42 Å². The molecule has 23 heavy (non-hydrogen) atoms. The molecule has 122 valence electrons. The van der Waals surface area contributed by atoms with E-state index in [0.29, 0.717) is 6.54 Å². The van der Waals surface area contributed by atoms with Gasteiger partial charge in [0.25, 0.3) is 5.91 Å². The van der Waals surface area contributed by atoms with Crippen LogP contribution in [0.15, 0.2) is 47.4 Å². The van der Waals surface area contributed by atoms with Crippen LogP contribution in [0.4, 0.5) is 0 Å². The van der Waals surface area contributed by atoms with E-state index in [-0.39, 0.29) is 21.4 Å². The number of carbonyl (C=O) groups excluding carboxylic acids is 1. The first-order valence-corrected chi connectivity index (χ1v) is 9.26. The van der Waals surface area contributed by atoms with Gasteiger partial charge in [-0.1, -0.05) is 35.9 Å². The van der Waals surface area contributed by atoms with Gasteiger partial charge in [0.15, 0.2) is 9.84 Å². The van der Waals surface area contributed by atoms with E-state index in [4.69, 9.17) is 11.6 Å². The molecule has 0 unspecified atom stereocenters. The van der Waals surface area contributed by atoms with Crippen molar-refractivity contribution in [2.75, 3.05) is 13.3 Å². The number of hydrogen-bond acceptors (Lipinski definition) is 3. The fourth-order valence-electron chi connectivity index (χ4n) is 2.22.